The molecule has 0 aliphatic rings. The van der Waals surface area contributed by atoms with Gasteiger partial charge < -0.3 is 16.0 Å². The zero-order valence-corrected chi connectivity index (χ0v) is 17.9. The SMILES string of the molecule is CC(C)(C)c1ccc(C(=O)Nc2cccc(NC(=O)Nc3ccc(Cl)cc3)c2)cc1. The molecular formula is C24H24ClN3O2. The van der Waals surface area contributed by atoms with Crippen LogP contribution in [0.3, 0.4) is 0 Å². The van der Waals surface area contributed by atoms with Crippen molar-refractivity contribution in [2.45, 2.75) is 26.2 Å². The summed E-state index contributed by atoms with van der Waals surface area (Å²) in [6, 6.07) is 21.0. The average Bonchev–Trinajstić information content (AvgIpc) is 2.69. The predicted molar refractivity (Wildman–Crippen MR) is 124 cm³/mol. The first kappa shape index (κ1) is 21.4. The summed E-state index contributed by atoms with van der Waals surface area (Å²) in [5.74, 6) is -0.210. The molecule has 0 aliphatic heterocycles. The molecule has 3 rings (SSSR count). The van der Waals surface area contributed by atoms with Gasteiger partial charge in [-0.25, -0.2) is 4.79 Å². The van der Waals surface area contributed by atoms with Crippen LogP contribution in [0.5, 0.6) is 0 Å². The van der Waals surface area contributed by atoms with E-state index in [2.05, 4.69) is 36.7 Å². The summed E-state index contributed by atoms with van der Waals surface area (Å²) < 4.78 is 0. The van der Waals surface area contributed by atoms with E-state index in [1.807, 2.05) is 24.3 Å². The molecule has 0 bridgehead atoms. The first-order chi connectivity index (χ1) is 14.2. The normalized spacial score (nSPS) is 10.9. The van der Waals surface area contributed by atoms with Crippen molar-refractivity contribution in [3.8, 4) is 0 Å². The molecule has 0 aromatic heterocycles. The molecule has 0 fully saturated rings. The van der Waals surface area contributed by atoms with Crippen LogP contribution in [0.2, 0.25) is 5.02 Å². The Morgan fingerprint density at radius 2 is 1.30 bits per heavy atom. The second-order valence-corrected chi connectivity index (χ2v) is 8.38. The summed E-state index contributed by atoms with van der Waals surface area (Å²) in [7, 11) is 0. The lowest BCUT2D eigenvalue weighted by Crippen LogP contribution is -2.19. The lowest BCUT2D eigenvalue weighted by molar-refractivity contribution is 0.102. The number of rotatable bonds is 4. The fraction of sp³-hybridized carbons (Fsp3) is 0.167. The third kappa shape index (κ3) is 5.84. The zero-order chi connectivity index (χ0) is 21.7. The van der Waals surface area contributed by atoms with Crippen LogP contribution in [0.25, 0.3) is 0 Å². The Balaban J connectivity index is 1.62. The highest BCUT2D eigenvalue weighted by molar-refractivity contribution is 6.30. The second-order valence-electron chi connectivity index (χ2n) is 7.95. The maximum atomic E-state index is 12.6. The minimum absolute atomic E-state index is 0.0294. The van der Waals surface area contributed by atoms with E-state index in [0.717, 1.165) is 5.56 Å². The van der Waals surface area contributed by atoms with Crippen LogP contribution in [0.15, 0.2) is 72.8 Å². The van der Waals surface area contributed by atoms with Crippen LogP contribution in [0, 0.1) is 0 Å². The van der Waals surface area contributed by atoms with Gasteiger partial charge >= 0.3 is 6.03 Å². The van der Waals surface area contributed by atoms with Gasteiger partial charge in [0.15, 0.2) is 0 Å². The minimum atomic E-state index is -0.390. The van der Waals surface area contributed by atoms with Gasteiger partial charge in [0.1, 0.15) is 0 Å². The molecule has 3 N–H and O–H groups in total. The van der Waals surface area contributed by atoms with E-state index in [0.29, 0.717) is 27.6 Å². The summed E-state index contributed by atoms with van der Waals surface area (Å²) in [6.07, 6.45) is 0. The largest absolute Gasteiger partial charge is 0.323 e. The highest BCUT2D eigenvalue weighted by Crippen LogP contribution is 2.23. The van der Waals surface area contributed by atoms with Crippen molar-refractivity contribution in [1.29, 1.82) is 0 Å². The zero-order valence-electron chi connectivity index (χ0n) is 17.1. The van der Waals surface area contributed by atoms with Crippen molar-refractivity contribution in [1.82, 2.24) is 0 Å². The molecule has 0 radical (unpaired) electrons. The molecule has 154 valence electrons. The Kier molecular flexibility index (Phi) is 6.43. The summed E-state index contributed by atoms with van der Waals surface area (Å²) >= 11 is 5.85. The standard InChI is InChI=1S/C24H24ClN3O2/c1-24(2,3)17-9-7-16(8-10-17)22(29)26-20-5-4-6-21(15-20)28-23(30)27-19-13-11-18(25)12-14-19/h4-15H,1-3H3,(H,26,29)(H2,27,28,30). The number of amides is 3. The van der Waals surface area contributed by atoms with E-state index in [-0.39, 0.29) is 11.3 Å². The second kappa shape index (κ2) is 9.01. The molecule has 0 unspecified atom stereocenters. The third-order valence-corrected chi connectivity index (χ3v) is 4.75. The number of hydrogen-bond acceptors (Lipinski definition) is 2. The summed E-state index contributed by atoms with van der Waals surface area (Å²) in [6.45, 7) is 6.39. The van der Waals surface area contributed by atoms with Crippen molar-refractivity contribution in [3.63, 3.8) is 0 Å². The van der Waals surface area contributed by atoms with E-state index < -0.39 is 6.03 Å². The number of carbonyl (C=O) groups is 2. The Bertz CT molecular complexity index is 1040. The van der Waals surface area contributed by atoms with Crippen molar-refractivity contribution >= 4 is 40.6 Å². The number of anilines is 3. The van der Waals surface area contributed by atoms with Crippen molar-refractivity contribution in [2.24, 2.45) is 0 Å². The smallest absolute Gasteiger partial charge is 0.322 e. The molecule has 0 atom stereocenters. The Hall–Kier alpha value is -3.31. The Labute approximate surface area is 181 Å². The predicted octanol–water partition coefficient (Wildman–Crippen LogP) is 6.53. The number of halogens is 1. The lowest BCUT2D eigenvalue weighted by atomic mass is 9.87. The van der Waals surface area contributed by atoms with E-state index in [4.69, 9.17) is 11.6 Å². The fourth-order valence-electron chi connectivity index (χ4n) is 2.83. The maximum absolute atomic E-state index is 12.6. The fourth-order valence-corrected chi connectivity index (χ4v) is 2.95. The third-order valence-electron chi connectivity index (χ3n) is 4.49. The van der Waals surface area contributed by atoms with Gasteiger partial charge in [-0.1, -0.05) is 50.6 Å². The molecule has 6 heteroatoms. The van der Waals surface area contributed by atoms with Gasteiger partial charge in [-0.15, -0.1) is 0 Å². The van der Waals surface area contributed by atoms with Crippen LogP contribution < -0.4 is 16.0 Å². The monoisotopic (exact) mass is 421 g/mol. The highest BCUT2D eigenvalue weighted by Gasteiger charge is 2.14. The highest BCUT2D eigenvalue weighted by atomic mass is 35.5. The summed E-state index contributed by atoms with van der Waals surface area (Å²) in [5, 5.41) is 8.93. The first-order valence-corrected chi connectivity index (χ1v) is 9.94. The number of urea groups is 1. The molecule has 3 amide bonds. The molecule has 0 heterocycles. The van der Waals surface area contributed by atoms with Gasteiger partial charge in [0.05, 0.1) is 0 Å². The quantitative estimate of drug-likeness (QED) is 0.448. The van der Waals surface area contributed by atoms with Gasteiger partial charge in [-0.2, -0.15) is 0 Å². The van der Waals surface area contributed by atoms with Crippen molar-refractivity contribution < 1.29 is 9.59 Å². The molecule has 0 aliphatic carbocycles. The van der Waals surface area contributed by atoms with Gasteiger partial charge in [0.2, 0.25) is 0 Å². The maximum Gasteiger partial charge on any atom is 0.323 e. The first-order valence-electron chi connectivity index (χ1n) is 9.56. The van der Waals surface area contributed by atoms with Gasteiger partial charge in [0.25, 0.3) is 5.91 Å². The van der Waals surface area contributed by atoms with Crippen LogP contribution >= 0.6 is 11.6 Å². The number of carbonyl (C=O) groups excluding carboxylic acids is 2. The lowest BCUT2D eigenvalue weighted by Gasteiger charge is -2.19. The van der Waals surface area contributed by atoms with E-state index in [1.54, 1.807) is 48.5 Å². The number of hydrogen-bond donors (Lipinski definition) is 3. The molecule has 0 saturated carbocycles. The van der Waals surface area contributed by atoms with E-state index in [1.165, 1.54) is 0 Å². The van der Waals surface area contributed by atoms with Crippen LogP contribution in [-0.2, 0) is 5.41 Å². The molecular weight excluding hydrogens is 398 g/mol. The van der Waals surface area contributed by atoms with Gasteiger partial charge in [-0.3, -0.25) is 4.79 Å². The molecule has 30 heavy (non-hydrogen) atoms. The molecule has 0 saturated heterocycles. The van der Waals surface area contributed by atoms with Crippen LogP contribution in [-0.4, -0.2) is 11.9 Å². The Morgan fingerprint density at radius 1 is 0.733 bits per heavy atom. The van der Waals surface area contributed by atoms with E-state index >= 15 is 0 Å². The minimum Gasteiger partial charge on any atom is -0.322 e. The molecule has 3 aromatic rings. The number of nitrogens with one attached hydrogen (secondary N) is 3. The number of benzene rings is 3. The van der Waals surface area contributed by atoms with Crippen LogP contribution in [0.4, 0.5) is 21.9 Å². The summed E-state index contributed by atoms with van der Waals surface area (Å²) in [5.41, 5.74) is 3.53. The van der Waals surface area contributed by atoms with Crippen molar-refractivity contribution in [2.75, 3.05) is 16.0 Å². The Morgan fingerprint density at radius 3 is 1.90 bits per heavy atom. The summed E-state index contributed by atoms with van der Waals surface area (Å²) in [4.78, 5) is 24.7. The van der Waals surface area contributed by atoms with E-state index in [9.17, 15) is 9.59 Å². The average molecular weight is 422 g/mol. The topological polar surface area (TPSA) is 70.2 Å². The van der Waals surface area contributed by atoms with Crippen LogP contribution in [0.1, 0.15) is 36.7 Å². The molecule has 3 aromatic carbocycles. The van der Waals surface area contributed by atoms with Gasteiger partial charge in [0, 0.05) is 27.6 Å². The van der Waals surface area contributed by atoms with Crippen molar-refractivity contribution in [3.05, 3.63) is 88.9 Å². The molecule has 5 nitrogen and oxygen atoms in total. The van der Waals surface area contributed by atoms with Gasteiger partial charge in [-0.05, 0) is 65.6 Å². The molecule has 0 spiro atoms.